The van der Waals surface area contributed by atoms with Crippen LogP contribution in [-0.4, -0.2) is 35.1 Å². The Bertz CT molecular complexity index is 753. The second kappa shape index (κ2) is 6.82. The number of nitrogens with two attached hydrogens (primary N) is 1. The van der Waals surface area contributed by atoms with Gasteiger partial charge in [0.2, 0.25) is 5.95 Å². The summed E-state index contributed by atoms with van der Waals surface area (Å²) >= 11 is 0. The first kappa shape index (κ1) is 16.2. The number of halogens is 1. The number of nitrogen functional groups attached to an aromatic ring is 1. The molecule has 0 spiro atoms. The van der Waals surface area contributed by atoms with Crippen molar-refractivity contribution < 1.29 is 13.9 Å². The van der Waals surface area contributed by atoms with Gasteiger partial charge in [-0.1, -0.05) is 6.07 Å². The summed E-state index contributed by atoms with van der Waals surface area (Å²) in [5.41, 5.74) is 6.57. The van der Waals surface area contributed by atoms with Gasteiger partial charge in [0.05, 0.1) is 12.1 Å². The first-order valence-corrected chi connectivity index (χ1v) is 7.83. The average Bonchev–Trinajstić information content (AvgIpc) is 2.57. The Hall–Kier alpha value is -2.70. The lowest BCUT2D eigenvalue weighted by Gasteiger charge is -2.33. The molecular formula is C17H19FN4O2. The first-order chi connectivity index (χ1) is 11.5. The van der Waals surface area contributed by atoms with E-state index >= 15 is 0 Å². The van der Waals surface area contributed by atoms with Crippen LogP contribution in [0.4, 0.5) is 16.2 Å². The van der Waals surface area contributed by atoms with E-state index in [4.69, 9.17) is 10.5 Å². The Balaban J connectivity index is 1.69. The molecule has 7 heteroatoms. The average molecular weight is 330 g/mol. The highest BCUT2D eigenvalue weighted by molar-refractivity contribution is 5.91. The van der Waals surface area contributed by atoms with Crippen LogP contribution in [0, 0.1) is 12.7 Å². The normalized spacial score (nSPS) is 17.6. The minimum atomic E-state index is -0.499. The van der Waals surface area contributed by atoms with E-state index in [0.717, 1.165) is 19.4 Å². The van der Waals surface area contributed by atoms with Crippen molar-refractivity contribution in [1.29, 1.82) is 0 Å². The molecule has 2 aromatic rings. The van der Waals surface area contributed by atoms with Crippen LogP contribution < -0.4 is 10.6 Å². The van der Waals surface area contributed by atoms with Crippen molar-refractivity contribution in [3.8, 4) is 0 Å². The number of ether oxygens (including phenoxy) is 1. The molecule has 24 heavy (non-hydrogen) atoms. The highest BCUT2D eigenvalue weighted by Gasteiger charge is 2.25. The number of hydrogen-bond donors (Lipinski definition) is 1. The number of carbonyl (C=O) groups is 1. The molecule has 0 amide bonds. The van der Waals surface area contributed by atoms with Crippen LogP contribution in [0.3, 0.4) is 0 Å². The molecule has 6 nitrogen and oxygen atoms in total. The molecule has 0 saturated carbocycles. The molecule has 2 heterocycles. The standard InChI is InChI=1S/C17H19FN4O2/c1-11-4-5-12(18)9-14(11)16(23)24-13-3-2-8-22(10-13)15-6-7-20-17(19)21-15/h4-7,9,13H,2-3,8,10H2,1H3,(H2,19,20,21). The summed E-state index contributed by atoms with van der Waals surface area (Å²) in [7, 11) is 0. The van der Waals surface area contributed by atoms with Gasteiger partial charge in [0.15, 0.2) is 0 Å². The third-order valence-electron chi connectivity index (χ3n) is 4.05. The van der Waals surface area contributed by atoms with E-state index < -0.39 is 11.8 Å². The number of benzene rings is 1. The number of aryl methyl sites for hydroxylation is 1. The molecule has 1 aliphatic heterocycles. The van der Waals surface area contributed by atoms with Crippen molar-refractivity contribution >= 4 is 17.7 Å². The van der Waals surface area contributed by atoms with Crippen LogP contribution in [0.5, 0.6) is 0 Å². The topological polar surface area (TPSA) is 81.3 Å². The van der Waals surface area contributed by atoms with E-state index in [9.17, 15) is 9.18 Å². The van der Waals surface area contributed by atoms with Crippen molar-refractivity contribution in [2.24, 2.45) is 0 Å². The van der Waals surface area contributed by atoms with Gasteiger partial charge >= 0.3 is 5.97 Å². The number of rotatable bonds is 3. The van der Waals surface area contributed by atoms with Gasteiger partial charge in [0, 0.05) is 12.7 Å². The molecule has 0 radical (unpaired) electrons. The predicted octanol–water partition coefficient (Wildman–Crippen LogP) is 2.33. The highest BCUT2D eigenvalue weighted by atomic mass is 19.1. The summed E-state index contributed by atoms with van der Waals surface area (Å²) in [5.74, 6) is -0.0254. The Morgan fingerprint density at radius 2 is 2.25 bits per heavy atom. The fourth-order valence-electron chi connectivity index (χ4n) is 2.81. The summed E-state index contributed by atoms with van der Waals surface area (Å²) in [6, 6.07) is 5.89. The van der Waals surface area contributed by atoms with Gasteiger partial charge in [-0.15, -0.1) is 0 Å². The predicted molar refractivity (Wildman–Crippen MR) is 88.2 cm³/mol. The van der Waals surface area contributed by atoms with Crippen LogP contribution >= 0.6 is 0 Å². The molecule has 2 N–H and O–H groups in total. The summed E-state index contributed by atoms with van der Waals surface area (Å²) in [4.78, 5) is 22.4. The zero-order valence-corrected chi connectivity index (χ0v) is 13.4. The Kier molecular flexibility index (Phi) is 4.59. The number of piperidine rings is 1. The zero-order valence-electron chi connectivity index (χ0n) is 13.4. The van der Waals surface area contributed by atoms with E-state index in [1.807, 2.05) is 4.90 Å². The van der Waals surface area contributed by atoms with Gasteiger partial charge in [-0.3, -0.25) is 0 Å². The highest BCUT2D eigenvalue weighted by Crippen LogP contribution is 2.21. The van der Waals surface area contributed by atoms with Gasteiger partial charge in [0.25, 0.3) is 0 Å². The fraction of sp³-hybridized carbons (Fsp3) is 0.353. The number of anilines is 2. The monoisotopic (exact) mass is 330 g/mol. The third-order valence-corrected chi connectivity index (χ3v) is 4.05. The smallest absolute Gasteiger partial charge is 0.338 e. The summed E-state index contributed by atoms with van der Waals surface area (Å²) in [5, 5.41) is 0. The summed E-state index contributed by atoms with van der Waals surface area (Å²) < 4.78 is 18.9. The van der Waals surface area contributed by atoms with Crippen molar-refractivity contribution in [3.05, 3.63) is 47.4 Å². The van der Waals surface area contributed by atoms with E-state index in [2.05, 4.69) is 9.97 Å². The molecule has 0 bridgehead atoms. The van der Waals surface area contributed by atoms with Gasteiger partial charge in [-0.05, 0) is 43.5 Å². The van der Waals surface area contributed by atoms with E-state index in [0.29, 0.717) is 17.9 Å². The van der Waals surface area contributed by atoms with Crippen molar-refractivity contribution in [1.82, 2.24) is 9.97 Å². The summed E-state index contributed by atoms with van der Waals surface area (Å²) in [6.45, 7) is 3.09. The van der Waals surface area contributed by atoms with Gasteiger partial charge in [-0.2, -0.15) is 4.98 Å². The van der Waals surface area contributed by atoms with Gasteiger partial charge in [-0.25, -0.2) is 14.2 Å². The molecule has 1 aromatic carbocycles. The van der Waals surface area contributed by atoms with Crippen LogP contribution in [0.25, 0.3) is 0 Å². The van der Waals surface area contributed by atoms with Crippen molar-refractivity contribution in [2.45, 2.75) is 25.9 Å². The minimum absolute atomic E-state index is 0.210. The number of aromatic nitrogens is 2. The molecule has 1 fully saturated rings. The maximum Gasteiger partial charge on any atom is 0.338 e. The Labute approximate surface area is 139 Å². The second-order valence-corrected chi connectivity index (χ2v) is 5.85. The lowest BCUT2D eigenvalue weighted by atomic mass is 10.1. The molecule has 1 aliphatic rings. The van der Waals surface area contributed by atoms with Crippen molar-refractivity contribution in [2.75, 3.05) is 23.7 Å². The van der Waals surface area contributed by atoms with E-state index in [1.165, 1.54) is 12.1 Å². The molecule has 1 atom stereocenters. The zero-order chi connectivity index (χ0) is 17.1. The largest absolute Gasteiger partial charge is 0.457 e. The molecule has 0 aliphatic carbocycles. The number of hydrogen-bond acceptors (Lipinski definition) is 6. The molecular weight excluding hydrogens is 311 g/mol. The molecule has 1 saturated heterocycles. The van der Waals surface area contributed by atoms with E-state index in [1.54, 1.807) is 25.3 Å². The second-order valence-electron chi connectivity index (χ2n) is 5.85. The van der Waals surface area contributed by atoms with Crippen LogP contribution in [0.2, 0.25) is 0 Å². The Morgan fingerprint density at radius 3 is 3.04 bits per heavy atom. The minimum Gasteiger partial charge on any atom is -0.457 e. The molecule has 1 unspecified atom stereocenters. The lowest BCUT2D eigenvalue weighted by molar-refractivity contribution is 0.0268. The number of nitrogens with zero attached hydrogens (tertiary/aromatic N) is 3. The molecule has 1 aromatic heterocycles. The van der Waals surface area contributed by atoms with Crippen LogP contribution in [-0.2, 0) is 4.74 Å². The first-order valence-electron chi connectivity index (χ1n) is 7.83. The van der Waals surface area contributed by atoms with E-state index in [-0.39, 0.29) is 17.6 Å². The molecule has 126 valence electrons. The van der Waals surface area contributed by atoms with Gasteiger partial charge < -0.3 is 15.4 Å². The lowest BCUT2D eigenvalue weighted by Crippen LogP contribution is -2.41. The SMILES string of the molecule is Cc1ccc(F)cc1C(=O)OC1CCCN(c2ccnc(N)n2)C1. The van der Waals surface area contributed by atoms with Gasteiger partial charge in [0.1, 0.15) is 17.7 Å². The van der Waals surface area contributed by atoms with Crippen LogP contribution in [0.15, 0.2) is 30.5 Å². The number of esters is 1. The summed E-state index contributed by atoms with van der Waals surface area (Å²) in [6.07, 6.45) is 2.95. The quantitative estimate of drug-likeness (QED) is 0.870. The maximum absolute atomic E-state index is 13.4. The Morgan fingerprint density at radius 1 is 1.42 bits per heavy atom. The fourth-order valence-corrected chi connectivity index (χ4v) is 2.81. The third kappa shape index (κ3) is 3.61. The maximum atomic E-state index is 13.4. The molecule has 3 rings (SSSR count). The van der Waals surface area contributed by atoms with Crippen LogP contribution in [0.1, 0.15) is 28.8 Å². The van der Waals surface area contributed by atoms with Crippen molar-refractivity contribution in [3.63, 3.8) is 0 Å². The number of carbonyl (C=O) groups excluding carboxylic acids is 1.